The summed E-state index contributed by atoms with van der Waals surface area (Å²) in [6.45, 7) is 5.61. The molecule has 7 heteroatoms. The van der Waals surface area contributed by atoms with E-state index in [9.17, 15) is 0 Å². The van der Waals surface area contributed by atoms with E-state index >= 15 is 0 Å². The fraction of sp³-hybridized carbons (Fsp3) is 0.381. The molecule has 1 atom stereocenters. The van der Waals surface area contributed by atoms with E-state index in [0.29, 0.717) is 18.3 Å². The molecule has 0 bridgehead atoms. The molecule has 6 nitrogen and oxygen atoms in total. The highest BCUT2D eigenvalue weighted by Crippen LogP contribution is 2.27. The van der Waals surface area contributed by atoms with Gasteiger partial charge in [-0.2, -0.15) is 0 Å². The molecule has 2 heterocycles. The van der Waals surface area contributed by atoms with Gasteiger partial charge in [-0.1, -0.05) is 28.1 Å². The van der Waals surface area contributed by atoms with E-state index in [1.54, 1.807) is 6.20 Å². The topological polar surface area (TPSA) is 63.2 Å². The second-order valence-corrected chi connectivity index (χ2v) is 8.00. The van der Waals surface area contributed by atoms with E-state index in [2.05, 4.69) is 74.3 Å². The van der Waals surface area contributed by atoms with Crippen molar-refractivity contribution in [2.45, 2.75) is 26.3 Å². The van der Waals surface area contributed by atoms with Crippen molar-refractivity contribution >= 4 is 32.7 Å². The van der Waals surface area contributed by atoms with Crippen molar-refractivity contribution < 1.29 is 4.74 Å². The van der Waals surface area contributed by atoms with E-state index < -0.39 is 0 Å². The molecule has 1 aromatic carbocycles. The monoisotopic (exact) mass is 443 g/mol. The molecule has 3 aromatic rings. The number of halogens is 1. The van der Waals surface area contributed by atoms with Crippen molar-refractivity contribution in [2.75, 3.05) is 32.6 Å². The molecular formula is C21H26BrN5O. The summed E-state index contributed by atoms with van der Waals surface area (Å²) in [5.41, 5.74) is 1.98. The highest BCUT2D eigenvalue weighted by molar-refractivity contribution is 9.10. The summed E-state index contributed by atoms with van der Waals surface area (Å²) in [7, 11) is 4.11. The predicted molar refractivity (Wildman–Crippen MR) is 117 cm³/mol. The number of anilines is 1. The van der Waals surface area contributed by atoms with Crippen molar-refractivity contribution in [3.05, 3.63) is 52.4 Å². The van der Waals surface area contributed by atoms with Crippen LogP contribution in [0.2, 0.25) is 0 Å². The Kier molecular flexibility index (Phi) is 6.80. The highest BCUT2D eigenvalue weighted by atomic mass is 79.9. The van der Waals surface area contributed by atoms with Crippen LogP contribution in [0.25, 0.3) is 10.9 Å². The third kappa shape index (κ3) is 5.39. The first-order valence-corrected chi connectivity index (χ1v) is 10.2. The summed E-state index contributed by atoms with van der Waals surface area (Å²) in [5.74, 6) is 2.09. The van der Waals surface area contributed by atoms with Crippen LogP contribution in [0.3, 0.4) is 0 Å². The fourth-order valence-electron chi connectivity index (χ4n) is 2.94. The quantitative estimate of drug-likeness (QED) is 0.513. The number of hydrogen-bond donors (Lipinski definition) is 1. The predicted octanol–water partition coefficient (Wildman–Crippen LogP) is 4.60. The number of pyridine rings is 1. The van der Waals surface area contributed by atoms with Gasteiger partial charge in [0.05, 0.1) is 24.4 Å². The molecule has 0 fully saturated rings. The van der Waals surface area contributed by atoms with Gasteiger partial charge in [0.25, 0.3) is 0 Å². The molecule has 0 aliphatic heterocycles. The summed E-state index contributed by atoms with van der Waals surface area (Å²) < 4.78 is 6.88. The molecule has 3 rings (SSSR count). The third-order valence-corrected chi connectivity index (χ3v) is 4.86. The lowest BCUT2D eigenvalue weighted by molar-refractivity contribution is 0.273. The average molecular weight is 444 g/mol. The van der Waals surface area contributed by atoms with Crippen molar-refractivity contribution in [1.82, 2.24) is 19.9 Å². The van der Waals surface area contributed by atoms with Gasteiger partial charge in [0.1, 0.15) is 11.6 Å². The molecular weight excluding hydrogens is 418 g/mol. The first kappa shape index (κ1) is 20.5. The van der Waals surface area contributed by atoms with Crippen LogP contribution in [0.15, 0.2) is 41.0 Å². The van der Waals surface area contributed by atoms with E-state index in [1.165, 1.54) is 5.56 Å². The normalized spacial score (nSPS) is 12.4. The first-order valence-electron chi connectivity index (χ1n) is 9.36. The number of aromatic nitrogens is 3. The lowest BCUT2D eigenvalue weighted by Crippen LogP contribution is -2.15. The first-order chi connectivity index (χ1) is 13.4. The molecule has 2 aromatic heterocycles. The zero-order valence-electron chi connectivity index (χ0n) is 16.7. The Balaban J connectivity index is 1.82. The van der Waals surface area contributed by atoms with Gasteiger partial charge in [0, 0.05) is 22.5 Å². The van der Waals surface area contributed by atoms with Crippen LogP contribution in [-0.2, 0) is 0 Å². The van der Waals surface area contributed by atoms with Gasteiger partial charge < -0.3 is 15.0 Å². The number of rotatable bonds is 8. The second-order valence-electron chi connectivity index (χ2n) is 7.09. The minimum Gasteiger partial charge on any atom is -0.478 e. The Morgan fingerprint density at radius 1 is 1.21 bits per heavy atom. The van der Waals surface area contributed by atoms with Crippen molar-refractivity contribution in [3.8, 4) is 5.88 Å². The Hall–Kier alpha value is -2.25. The van der Waals surface area contributed by atoms with Crippen molar-refractivity contribution in [2.24, 2.45) is 0 Å². The maximum Gasteiger partial charge on any atom is 0.214 e. The van der Waals surface area contributed by atoms with E-state index in [1.807, 2.05) is 25.1 Å². The second kappa shape index (κ2) is 9.30. The molecule has 148 valence electrons. The summed E-state index contributed by atoms with van der Waals surface area (Å²) >= 11 is 3.53. The Morgan fingerprint density at radius 3 is 2.79 bits per heavy atom. The molecule has 0 aliphatic rings. The minimum atomic E-state index is 0.0904. The zero-order chi connectivity index (χ0) is 20.1. The highest BCUT2D eigenvalue weighted by Gasteiger charge is 2.12. The van der Waals surface area contributed by atoms with Crippen LogP contribution >= 0.6 is 15.9 Å². The van der Waals surface area contributed by atoms with Crippen molar-refractivity contribution in [1.29, 1.82) is 0 Å². The van der Waals surface area contributed by atoms with Gasteiger partial charge in [-0.15, -0.1) is 0 Å². The Labute approximate surface area is 174 Å². The summed E-state index contributed by atoms with van der Waals surface area (Å²) in [6.07, 6.45) is 2.70. The van der Waals surface area contributed by atoms with Gasteiger partial charge in [-0.3, -0.25) is 0 Å². The Morgan fingerprint density at radius 2 is 2.04 bits per heavy atom. The number of nitrogens with one attached hydrogen (secondary N) is 1. The number of aryl methyl sites for hydroxylation is 1. The molecule has 0 saturated heterocycles. The smallest absolute Gasteiger partial charge is 0.214 e. The van der Waals surface area contributed by atoms with E-state index in [0.717, 1.165) is 34.2 Å². The summed E-state index contributed by atoms with van der Waals surface area (Å²) in [4.78, 5) is 15.7. The van der Waals surface area contributed by atoms with Gasteiger partial charge in [-0.25, -0.2) is 15.0 Å². The van der Waals surface area contributed by atoms with Crippen LogP contribution in [0.5, 0.6) is 5.88 Å². The Bertz CT molecular complexity index is 947. The number of hydrogen-bond acceptors (Lipinski definition) is 6. The minimum absolute atomic E-state index is 0.0904. The number of ether oxygens (including phenoxy) is 1. The average Bonchev–Trinajstić information content (AvgIpc) is 2.65. The van der Waals surface area contributed by atoms with Crippen molar-refractivity contribution in [3.63, 3.8) is 0 Å². The van der Waals surface area contributed by atoms with Crippen LogP contribution in [-0.4, -0.2) is 47.1 Å². The molecule has 0 aliphatic carbocycles. The third-order valence-electron chi connectivity index (χ3n) is 4.37. The van der Waals surface area contributed by atoms with E-state index in [-0.39, 0.29) is 6.04 Å². The van der Waals surface area contributed by atoms with Crippen LogP contribution in [0.4, 0.5) is 5.82 Å². The molecule has 0 radical (unpaired) electrons. The zero-order valence-corrected chi connectivity index (χ0v) is 18.3. The van der Waals surface area contributed by atoms with Crippen LogP contribution in [0, 0.1) is 6.92 Å². The summed E-state index contributed by atoms with van der Waals surface area (Å²) in [5, 5.41) is 4.42. The van der Waals surface area contributed by atoms with E-state index in [4.69, 9.17) is 4.74 Å². The SMILES string of the molecule is Cc1nc(NC(C)c2cccc(Br)c2)c2cc(OCCCN(C)C)ncc2n1. The lowest BCUT2D eigenvalue weighted by Gasteiger charge is -2.17. The standard InChI is InChI=1S/C21H26BrN5O/c1-14(16-7-5-8-17(22)11-16)24-21-18-12-20(28-10-6-9-27(3)4)23-13-19(18)25-15(2)26-21/h5,7-8,11-14H,6,9-10H2,1-4H3,(H,24,25,26). The number of nitrogens with zero attached hydrogens (tertiary/aromatic N) is 4. The largest absolute Gasteiger partial charge is 0.478 e. The molecule has 1 unspecified atom stereocenters. The van der Waals surface area contributed by atoms with Gasteiger partial charge >= 0.3 is 0 Å². The molecule has 0 amide bonds. The van der Waals surface area contributed by atoms with Gasteiger partial charge in [0.2, 0.25) is 5.88 Å². The number of fused-ring (bicyclic) bond motifs is 1. The van der Waals surface area contributed by atoms with Crippen LogP contribution in [0.1, 0.15) is 30.8 Å². The lowest BCUT2D eigenvalue weighted by atomic mass is 10.1. The van der Waals surface area contributed by atoms with Crippen LogP contribution < -0.4 is 10.1 Å². The molecule has 1 N–H and O–H groups in total. The maximum atomic E-state index is 5.83. The molecule has 0 spiro atoms. The summed E-state index contributed by atoms with van der Waals surface area (Å²) in [6, 6.07) is 10.3. The maximum absolute atomic E-state index is 5.83. The van der Waals surface area contributed by atoms with Gasteiger partial charge in [-0.05, 0) is 52.1 Å². The molecule has 0 saturated carbocycles. The number of benzene rings is 1. The van der Waals surface area contributed by atoms with Gasteiger partial charge in [0.15, 0.2) is 0 Å². The molecule has 28 heavy (non-hydrogen) atoms. The fourth-order valence-corrected chi connectivity index (χ4v) is 3.36.